The highest BCUT2D eigenvalue weighted by Gasteiger charge is 2.36. The lowest BCUT2D eigenvalue weighted by Crippen LogP contribution is -2.43. The summed E-state index contributed by atoms with van der Waals surface area (Å²) in [6.45, 7) is 8.08. The zero-order valence-corrected chi connectivity index (χ0v) is 20.9. The van der Waals surface area contributed by atoms with E-state index in [1.54, 1.807) is 7.11 Å². The van der Waals surface area contributed by atoms with Gasteiger partial charge in [-0.2, -0.15) is 0 Å². The second-order valence-electron chi connectivity index (χ2n) is 10.1. The van der Waals surface area contributed by atoms with Crippen molar-refractivity contribution in [2.75, 3.05) is 60.0 Å². The fourth-order valence-corrected chi connectivity index (χ4v) is 5.27. The first-order chi connectivity index (χ1) is 16.5. The van der Waals surface area contributed by atoms with E-state index in [2.05, 4.69) is 52.1 Å². The molecule has 4 rings (SSSR count). The Labute approximate surface area is 205 Å². The Hall–Kier alpha value is -2.12. The lowest BCUT2D eigenvalue weighted by atomic mass is 10.0. The molecule has 0 amide bonds. The number of benzene rings is 2. The summed E-state index contributed by atoms with van der Waals surface area (Å²) >= 11 is 0. The number of likely N-dealkylation sites (N-methyl/N-ethyl adjacent to an activating group) is 1. The molecule has 2 aliphatic rings. The van der Waals surface area contributed by atoms with Crippen molar-refractivity contribution >= 4 is 0 Å². The largest absolute Gasteiger partial charge is 0.497 e. The standard InChI is InChI=1S/C28H41N3O3/c1-29(20-24-9-11-26(33-2)12-10-24)22-28(32)13-16-31(23-28)21-25-7-6-8-27(19-25)34-18-17-30-14-4-3-5-15-30/h6-12,19,32H,3-5,13-18,20-23H2,1-2H3/t28-/m0/s1. The molecule has 2 fully saturated rings. The van der Waals surface area contributed by atoms with Gasteiger partial charge in [-0.3, -0.25) is 14.7 Å². The zero-order chi connectivity index (χ0) is 23.8. The first-order valence-electron chi connectivity index (χ1n) is 12.7. The summed E-state index contributed by atoms with van der Waals surface area (Å²) < 4.78 is 11.3. The molecule has 1 atom stereocenters. The van der Waals surface area contributed by atoms with Crippen LogP contribution in [0.15, 0.2) is 48.5 Å². The third-order valence-electron chi connectivity index (χ3n) is 7.02. The predicted molar refractivity (Wildman–Crippen MR) is 136 cm³/mol. The zero-order valence-electron chi connectivity index (χ0n) is 20.9. The third kappa shape index (κ3) is 7.44. The fraction of sp³-hybridized carbons (Fsp3) is 0.571. The van der Waals surface area contributed by atoms with Crippen molar-refractivity contribution in [1.82, 2.24) is 14.7 Å². The molecule has 2 heterocycles. The molecule has 34 heavy (non-hydrogen) atoms. The van der Waals surface area contributed by atoms with E-state index < -0.39 is 5.60 Å². The van der Waals surface area contributed by atoms with Crippen LogP contribution in [0.2, 0.25) is 0 Å². The smallest absolute Gasteiger partial charge is 0.119 e. The summed E-state index contributed by atoms with van der Waals surface area (Å²) in [6.07, 6.45) is 4.79. The third-order valence-corrected chi connectivity index (χ3v) is 7.02. The number of likely N-dealkylation sites (tertiary alicyclic amines) is 2. The minimum absolute atomic E-state index is 0.662. The van der Waals surface area contributed by atoms with E-state index in [1.165, 1.54) is 43.5 Å². The van der Waals surface area contributed by atoms with Crippen LogP contribution in [0, 0.1) is 0 Å². The first-order valence-corrected chi connectivity index (χ1v) is 12.7. The summed E-state index contributed by atoms with van der Waals surface area (Å²) in [5.74, 6) is 1.82. The molecule has 1 N–H and O–H groups in total. The quantitative estimate of drug-likeness (QED) is 0.545. The minimum atomic E-state index is -0.677. The SMILES string of the molecule is COc1ccc(CN(C)C[C@@]2(O)CCN(Cc3cccc(OCCN4CCCCC4)c3)C2)cc1. The van der Waals surface area contributed by atoms with Gasteiger partial charge in [0.05, 0.1) is 12.7 Å². The molecule has 0 spiro atoms. The van der Waals surface area contributed by atoms with Gasteiger partial charge in [0, 0.05) is 39.3 Å². The van der Waals surface area contributed by atoms with Gasteiger partial charge in [0.25, 0.3) is 0 Å². The summed E-state index contributed by atoms with van der Waals surface area (Å²) in [5.41, 5.74) is 1.79. The molecule has 6 heteroatoms. The number of piperidine rings is 1. The maximum Gasteiger partial charge on any atom is 0.119 e. The Bertz CT molecular complexity index is 885. The van der Waals surface area contributed by atoms with Crippen LogP contribution in [0.5, 0.6) is 11.5 Å². The van der Waals surface area contributed by atoms with Crippen LogP contribution in [0.25, 0.3) is 0 Å². The molecule has 0 bridgehead atoms. The Balaban J connectivity index is 1.22. The molecule has 0 saturated carbocycles. The van der Waals surface area contributed by atoms with E-state index in [9.17, 15) is 5.11 Å². The second kappa shape index (κ2) is 12.0. The number of aliphatic hydroxyl groups is 1. The van der Waals surface area contributed by atoms with Crippen molar-refractivity contribution in [2.24, 2.45) is 0 Å². The summed E-state index contributed by atoms with van der Waals surface area (Å²) in [7, 11) is 3.76. The molecule has 186 valence electrons. The molecule has 6 nitrogen and oxygen atoms in total. The predicted octanol–water partition coefficient (Wildman–Crippen LogP) is 3.63. The van der Waals surface area contributed by atoms with Gasteiger partial charge in [-0.25, -0.2) is 0 Å². The van der Waals surface area contributed by atoms with Crippen molar-refractivity contribution < 1.29 is 14.6 Å². The van der Waals surface area contributed by atoms with Gasteiger partial charge in [0.2, 0.25) is 0 Å². The fourth-order valence-electron chi connectivity index (χ4n) is 5.27. The van der Waals surface area contributed by atoms with E-state index in [-0.39, 0.29) is 0 Å². The lowest BCUT2D eigenvalue weighted by molar-refractivity contribution is 0.0162. The van der Waals surface area contributed by atoms with Crippen molar-refractivity contribution in [3.05, 3.63) is 59.7 Å². The van der Waals surface area contributed by atoms with Gasteiger partial charge in [0.15, 0.2) is 0 Å². The summed E-state index contributed by atoms with van der Waals surface area (Å²) in [4.78, 5) is 7.07. The molecule has 0 unspecified atom stereocenters. The van der Waals surface area contributed by atoms with Gasteiger partial charge < -0.3 is 14.6 Å². The lowest BCUT2D eigenvalue weighted by Gasteiger charge is -2.29. The number of β-amino-alcohol motifs (C(OH)–C–C–N with tert-alkyl or cyclic N) is 1. The molecular weight excluding hydrogens is 426 g/mol. The van der Waals surface area contributed by atoms with E-state index in [4.69, 9.17) is 9.47 Å². The monoisotopic (exact) mass is 467 g/mol. The second-order valence-corrected chi connectivity index (χ2v) is 10.1. The Morgan fingerprint density at radius 2 is 1.74 bits per heavy atom. The maximum absolute atomic E-state index is 11.2. The Morgan fingerprint density at radius 3 is 2.50 bits per heavy atom. The van der Waals surface area contributed by atoms with Gasteiger partial charge >= 0.3 is 0 Å². The molecule has 2 aromatic carbocycles. The normalized spacial score (nSPS) is 21.8. The minimum Gasteiger partial charge on any atom is -0.497 e. The van der Waals surface area contributed by atoms with E-state index in [0.717, 1.165) is 50.7 Å². The molecule has 0 aromatic heterocycles. The van der Waals surface area contributed by atoms with Crippen LogP contribution >= 0.6 is 0 Å². The average Bonchev–Trinajstić information content (AvgIpc) is 3.20. The van der Waals surface area contributed by atoms with E-state index in [1.807, 2.05) is 18.2 Å². The van der Waals surface area contributed by atoms with E-state index >= 15 is 0 Å². The van der Waals surface area contributed by atoms with Crippen LogP contribution in [-0.2, 0) is 13.1 Å². The van der Waals surface area contributed by atoms with Crippen LogP contribution in [-0.4, -0.2) is 85.4 Å². The van der Waals surface area contributed by atoms with Crippen LogP contribution in [0.4, 0.5) is 0 Å². The van der Waals surface area contributed by atoms with Crippen molar-refractivity contribution in [1.29, 1.82) is 0 Å². The van der Waals surface area contributed by atoms with E-state index in [0.29, 0.717) is 13.1 Å². The maximum atomic E-state index is 11.2. The highest BCUT2D eigenvalue weighted by Crippen LogP contribution is 2.25. The number of rotatable bonds is 11. The Kier molecular flexibility index (Phi) is 8.84. The van der Waals surface area contributed by atoms with Gasteiger partial charge in [-0.1, -0.05) is 30.7 Å². The van der Waals surface area contributed by atoms with Gasteiger partial charge in [0.1, 0.15) is 18.1 Å². The molecule has 0 aliphatic carbocycles. The molecular formula is C28H41N3O3. The number of ether oxygens (including phenoxy) is 2. The first kappa shape index (κ1) is 25.0. The topological polar surface area (TPSA) is 48.4 Å². The average molecular weight is 468 g/mol. The molecule has 0 radical (unpaired) electrons. The highest BCUT2D eigenvalue weighted by atomic mass is 16.5. The molecule has 2 aliphatic heterocycles. The number of methoxy groups -OCH3 is 1. The number of hydrogen-bond donors (Lipinski definition) is 1. The van der Waals surface area contributed by atoms with Crippen LogP contribution in [0.1, 0.15) is 36.8 Å². The van der Waals surface area contributed by atoms with Crippen molar-refractivity contribution in [3.63, 3.8) is 0 Å². The van der Waals surface area contributed by atoms with Crippen molar-refractivity contribution in [3.8, 4) is 11.5 Å². The molecule has 2 saturated heterocycles. The van der Waals surface area contributed by atoms with Gasteiger partial charge in [-0.05, 0) is 74.8 Å². The van der Waals surface area contributed by atoms with Crippen LogP contribution in [0.3, 0.4) is 0 Å². The van der Waals surface area contributed by atoms with Crippen LogP contribution < -0.4 is 9.47 Å². The van der Waals surface area contributed by atoms with Crippen molar-refractivity contribution in [2.45, 2.75) is 44.4 Å². The highest BCUT2D eigenvalue weighted by molar-refractivity contribution is 5.29. The number of hydrogen-bond acceptors (Lipinski definition) is 6. The van der Waals surface area contributed by atoms with Gasteiger partial charge in [-0.15, -0.1) is 0 Å². The Morgan fingerprint density at radius 1 is 0.941 bits per heavy atom. The summed E-state index contributed by atoms with van der Waals surface area (Å²) in [6, 6.07) is 16.6. The molecule has 2 aromatic rings. The summed E-state index contributed by atoms with van der Waals surface area (Å²) in [5, 5.41) is 11.2. The number of nitrogens with zero attached hydrogens (tertiary/aromatic N) is 3.